The third-order valence-electron chi connectivity index (χ3n) is 7.27. The molecule has 2 aliphatic heterocycles. The number of piperazine rings is 1. The number of amides is 1. The maximum absolute atomic E-state index is 15.0. The van der Waals surface area contributed by atoms with E-state index >= 15 is 4.39 Å². The molecule has 2 aromatic rings. The van der Waals surface area contributed by atoms with E-state index in [-0.39, 0.29) is 31.0 Å². The summed E-state index contributed by atoms with van der Waals surface area (Å²) in [6.07, 6.45) is -4.45. The molecule has 0 bridgehead atoms. The minimum atomic E-state index is -4.23. The minimum Gasteiger partial charge on any atom is -0.481 e. The fourth-order valence-corrected chi connectivity index (χ4v) is 5.32. The molecule has 218 valence electrons. The van der Waals surface area contributed by atoms with E-state index in [9.17, 15) is 27.2 Å². The summed E-state index contributed by atoms with van der Waals surface area (Å²) < 4.78 is 67.7. The van der Waals surface area contributed by atoms with Crippen LogP contribution in [0.3, 0.4) is 0 Å². The number of carboxylic acids is 1. The van der Waals surface area contributed by atoms with Crippen LogP contribution < -0.4 is 10.2 Å². The van der Waals surface area contributed by atoms with Gasteiger partial charge >= 0.3 is 12.1 Å². The number of likely N-dealkylation sites (tertiary alicyclic amines) is 1. The van der Waals surface area contributed by atoms with Crippen molar-refractivity contribution in [2.45, 2.75) is 32.0 Å². The molecule has 1 unspecified atom stereocenters. The summed E-state index contributed by atoms with van der Waals surface area (Å²) in [6.45, 7) is 2.57. The largest absolute Gasteiger partial charge is 0.481 e. The summed E-state index contributed by atoms with van der Waals surface area (Å²) in [4.78, 5) is 29.4. The number of rotatable bonds is 9. The lowest BCUT2D eigenvalue weighted by atomic mass is 10.1. The van der Waals surface area contributed by atoms with Crippen molar-refractivity contribution in [3.05, 3.63) is 58.1 Å². The first kappa shape index (κ1) is 30.0. The highest BCUT2D eigenvalue weighted by Gasteiger charge is 2.30. The molecule has 2 saturated heterocycles. The molecular weight excluding hydrogens is 559 g/mol. The van der Waals surface area contributed by atoms with Gasteiger partial charge in [-0.15, -0.1) is 0 Å². The SMILES string of the molecule is O=C(O)CC1CCN(Cc2ccc(C(=O)Nc3ccc(Cl)cc3N3CCN(CCC(F)(F)F)CC3)c(F)c2F)C1. The summed E-state index contributed by atoms with van der Waals surface area (Å²) in [5, 5.41) is 12.0. The molecule has 2 fully saturated rings. The Labute approximate surface area is 233 Å². The smallest absolute Gasteiger partial charge is 0.390 e. The van der Waals surface area contributed by atoms with Crippen LogP contribution in [-0.2, 0) is 11.3 Å². The van der Waals surface area contributed by atoms with E-state index in [1.165, 1.54) is 24.3 Å². The number of nitrogens with one attached hydrogen (secondary N) is 1. The predicted octanol–water partition coefficient (Wildman–Crippen LogP) is 5.24. The molecule has 4 rings (SSSR count). The first-order valence-corrected chi connectivity index (χ1v) is 13.3. The number of carboxylic acid groups (broad SMARTS) is 1. The zero-order valence-electron chi connectivity index (χ0n) is 21.6. The lowest BCUT2D eigenvalue weighted by molar-refractivity contribution is -0.139. The molecule has 1 atom stereocenters. The minimum absolute atomic E-state index is 0.0207. The Balaban J connectivity index is 1.41. The predicted molar refractivity (Wildman–Crippen MR) is 141 cm³/mol. The van der Waals surface area contributed by atoms with Gasteiger partial charge in [-0.3, -0.25) is 19.4 Å². The molecule has 0 radical (unpaired) electrons. The summed E-state index contributed by atoms with van der Waals surface area (Å²) in [7, 11) is 0. The average Bonchev–Trinajstić information content (AvgIpc) is 3.32. The topological polar surface area (TPSA) is 76.1 Å². The highest BCUT2D eigenvalue weighted by Crippen LogP contribution is 2.32. The van der Waals surface area contributed by atoms with Gasteiger partial charge in [0.2, 0.25) is 0 Å². The molecule has 40 heavy (non-hydrogen) atoms. The number of hydrogen-bond donors (Lipinski definition) is 2. The Hall–Kier alpha value is -2.96. The maximum atomic E-state index is 15.0. The molecular formula is C27H30ClF5N4O3. The normalized spacial score (nSPS) is 18.8. The van der Waals surface area contributed by atoms with Crippen LogP contribution in [0.5, 0.6) is 0 Å². The summed E-state index contributed by atoms with van der Waals surface area (Å²) >= 11 is 6.17. The van der Waals surface area contributed by atoms with Gasteiger partial charge in [-0.1, -0.05) is 17.7 Å². The molecule has 1 amide bonds. The van der Waals surface area contributed by atoms with Gasteiger partial charge in [0.25, 0.3) is 5.91 Å². The average molecular weight is 589 g/mol. The first-order valence-electron chi connectivity index (χ1n) is 13.0. The van der Waals surface area contributed by atoms with Gasteiger partial charge in [0.1, 0.15) is 0 Å². The van der Waals surface area contributed by atoms with E-state index in [0.29, 0.717) is 62.1 Å². The van der Waals surface area contributed by atoms with Gasteiger partial charge in [-0.05, 0) is 43.1 Å². The molecule has 0 spiro atoms. The van der Waals surface area contributed by atoms with Crippen molar-refractivity contribution >= 4 is 34.9 Å². The Kier molecular flexibility index (Phi) is 9.52. The number of hydrogen-bond acceptors (Lipinski definition) is 5. The van der Waals surface area contributed by atoms with Gasteiger partial charge in [0.05, 0.1) is 23.4 Å². The number of alkyl halides is 3. The van der Waals surface area contributed by atoms with Crippen molar-refractivity contribution in [3.8, 4) is 0 Å². The molecule has 0 aliphatic carbocycles. The van der Waals surface area contributed by atoms with Crippen molar-refractivity contribution in [2.75, 3.05) is 56.0 Å². The highest BCUT2D eigenvalue weighted by molar-refractivity contribution is 6.31. The van der Waals surface area contributed by atoms with Gasteiger partial charge < -0.3 is 15.3 Å². The molecule has 0 aromatic heterocycles. The van der Waals surface area contributed by atoms with Crippen molar-refractivity contribution in [1.29, 1.82) is 0 Å². The zero-order chi connectivity index (χ0) is 29.0. The molecule has 13 heteroatoms. The monoisotopic (exact) mass is 588 g/mol. The van der Waals surface area contributed by atoms with E-state index in [1.54, 1.807) is 11.0 Å². The Morgan fingerprint density at radius 3 is 2.40 bits per heavy atom. The van der Waals surface area contributed by atoms with Gasteiger partial charge in [-0.2, -0.15) is 13.2 Å². The number of carbonyl (C=O) groups excluding carboxylic acids is 1. The lowest BCUT2D eigenvalue weighted by Crippen LogP contribution is -2.47. The lowest BCUT2D eigenvalue weighted by Gasteiger charge is -2.37. The van der Waals surface area contributed by atoms with Crippen LogP contribution in [0.15, 0.2) is 30.3 Å². The fraction of sp³-hybridized carbons (Fsp3) is 0.481. The van der Waals surface area contributed by atoms with Crippen LogP contribution in [0.4, 0.5) is 33.3 Å². The fourth-order valence-electron chi connectivity index (χ4n) is 5.16. The molecule has 0 saturated carbocycles. The van der Waals surface area contributed by atoms with E-state index in [2.05, 4.69) is 5.32 Å². The van der Waals surface area contributed by atoms with Crippen LogP contribution in [0.25, 0.3) is 0 Å². The summed E-state index contributed by atoms with van der Waals surface area (Å²) in [6, 6.07) is 7.24. The second-order valence-electron chi connectivity index (χ2n) is 10.2. The number of benzene rings is 2. The number of nitrogens with zero attached hydrogens (tertiary/aromatic N) is 3. The van der Waals surface area contributed by atoms with Crippen LogP contribution in [0.1, 0.15) is 35.2 Å². The third-order valence-corrected chi connectivity index (χ3v) is 7.50. The number of carbonyl (C=O) groups is 2. The quantitative estimate of drug-likeness (QED) is 0.390. The van der Waals surface area contributed by atoms with Crippen LogP contribution in [0.2, 0.25) is 5.02 Å². The second-order valence-corrected chi connectivity index (χ2v) is 10.6. The van der Waals surface area contributed by atoms with E-state index in [1.807, 2.05) is 9.80 Å². The molecule has 2 aromatic carbocycles. The van der Waals surface area contributed by atoms with Crippen LogP contribution in [0, 0.1) is 17.6 Å². The Bertz CT molecular complexity index is 1240. The van der Waals surface area contributed by atoms with E-state index in [0.717, 1.165) is 0 Å². The zero-order valence-corrected chi connectivity index (χ0v) is 22.4. The van der Waals surface area contributed by atoms with E-state index < -0.39 is 41.7 Å². The molecule has 2 aliphatic rings. The maximum Gasteiger partial charge on any atom is 0.390 e. The third kappa shape index (κ3) is 7.82. The van der Waals surface area contributed by atoms with Crippen molar-refractivity contribution in [2.24, 2.45) is 5.92 Å². The highest BCUT2D eigenvalue weighted by atomic mass is 35.5. The number of anilines is 2. The second kappa shape index (κ2) is 12.7. The van der Waals surface area contributed by atoms with E-state index in [4.69, 9.17) is 16.7 Å². The van der Waals surface area contributed by atoms with Crippen LogP contribution >= 0.6 is 11.6 Å². The van der Waals surface area contributed by atoms with Crippen molar-refractivity contribution in [3.63, 3.8) is 0 Å². The van der Waals surface area contributed by atoms with Crippen molar-refractivity contribution in [1.82, 2.24) is 9.80 Å². The van der Waals surface area contributed by atoms with Crippen molar-refractivity contribution < 1.29 is 36.6 Å². The summed E-state index contributed by atoms with van der Waals surface area (Å²) in [5.74, 6) is -4.23. The molecule has 2 heterocycles. The first-order chi connectivity index (χ1) is 18.9. The Morgan fingerprint density at radius 1 is 1.00 bits per heavy atom. The molecule has 7 nitrogen and oxygen atoms in total. The van der Waals surface area contributed by atoms with Gasteiger partial charge in [-0.25, -0.2) is 8.78 Å². The Morgan fingerprint density at radius 2 is 1.73 bits per heavy atom. The van der Waals surface area contributed by atoms with Gasteiger partial charge in [0, 0.05) is 62.8 Å². The van der Waals surface area contributed by atoms with Gasteiger partial charge in [0.15, 0.2) is 11.6 Å². The number of halogens is 6. The number of aliphatic carboxylic acids is 1. The standard InChI is InChI=1S/C27H30ClF5N4O3/c28-19-2-4-21(22(14-19)37-11-9-35(10-12-37)8-6-27(31,32)33)34-26(40)20-3-1-18(24(29)25(20)30)16-36-7-5-17(15-36)13-23(38)39/h1-4,14,17H,5-13,15-16H2,(H,34,40)(H,38,39). The molecule has 2 N–H and O–H groups in total. The van der Waals surface area contributed by atoms with Crippen LogP contribution in [-0.4, -0.2) is 78.8 Å². The summed E-state index contributed by atoms with van der Waals surface area (Å²) in [5.41, 5.74) is 0.423.